The van der Waals surface area contributed by atoms with Crippen LogP contribution in [0.2, 0.25) is 0 Å². The van der Waals surface area contributed by atoms with Gasteiger partial charge in [-0.05, 0) is 57.9 Å². The maximum Gasteiger partial charge on any atom is 0.0218 e. The molecular formula is C13H25N. The molecule has 2 aliphatic rings. The fourth-order valence-corrected chi connectivity index (χ4v) is 3.59. The lowest BCUT2D eigenvalue weighted by Gasteiger charge is -2.54. The summed E-state index contributed by atoms with van der Waals surface area (Å²) in [6.45, 7) is 10.8. The van der Waals surface area contributed by atoms with E-state index in [0.29, 0.717) is 5.54 Å². The minimum absolute atomic E-state index is 0.642. The molecule has 1 saturated carbocycles. The molecule has 1 heteroatoms. The highest BCUT2D eigenvalue weighted by molar-refractivity contribution is 5.07. The van der Waals surface area contributed by atoms with Gasteiger partial charge in [0.2, 0.25) is 0 Å². The average Bonchev–Trinajstić information content (AvgIpc) is 2.43. The van der Waals surface area contributed by atoms with Crippen molar-refractivity contribution in [2.24, 2.45) is 11.8 Å². The van der Waals surface area contributed by atoms with Crippen LogP contribution in [0.1, 0.15) is 53.4 Å². The van der Waals surface area contributed by atoms with Crippen LogP contribution in [0.25, 0.3) is 0 Å². The zero-order valence-corrected chi connectivity index (χ0v) is 10.2. The summed E-state index contributed by atoms with van der Waals surface area (Å²) >= 11 is 0. The van der Waals surface area contributed by atoms with E-state index in [1.165, 1.54) is 32.2 Å². The van der Waals surface area contributed by atoms with Crippen molar-refractivity contribution >= 4 is 0 Å². The molecule has 0 N–H and O–H groups in total. The summed E-state index contributed by atoms with van der Waals surface area (Å²) in [6, 6.07) is 0.755. The third-order valence-electron chi connectivity index (χ3n) is 4.50. The maximum absolute atomic E-state index is 2.77. The molecule has 0 aromatic rings. The van der Waals surface area contributed by atoms with Crippen LogP contribution in [0.4, 0.5) is 0 Å². The molecule has 82 valence electrons. The van der Waals surface area contributed by atoms with Crippen LogP contribution in [-0.2, 0) is 0 Å². The number of hydrogen-bond acceptors (Lipinski definition) is 1. The highest BCUT2D eigenvalue weighted by atomic mass is 15.3. The highest BCUT2D eigenvalue weighted by Crippen LogP contribution is 2.52. The van der Waals surface area contributed by atoms with Gasteiger partial charge in [-0.15, -0.1) is 0 Å². The normalized spacial score (nSPS) is 38.6. The third kappa shape index (κ3) is 1.50. The Morgan fingerprint density at radius 1 is 1.14 bits per heavy atom. The van der Waals surface area contributed by atoms with Crippen molar-refractivity contribution < 1.29 is 0 Å². The topological polar surface area (TPSA) is 3.24 Å². The minimum Gasteiger partial charge on any atom is -0.295 e. The van der Waals surface area contributed by atoms with Crippen molar-refractivity contribution in [2.75, 3.05) is 6.54 Å². The number of rotatable bonds is 2. The smallest absolute Gasteiger partial charge is 0.0218 e. The minimum atomic E-state index is 0.642. The average molecular weight is 195 g/mol. The summed E-state index contributed by atoms with van der Waals surface area (Å²) in [5.41, 5.74) is 0.642. The van der Waals surface area contributed by atoms with Gasteiger partial charge in [0.05, 0.1) is 0 Å². The Kier molecular flexibility index (Phi) is 2.63. The van der Waals surface area contributed by atoms with E-state index in [2.05, 4.69) is 32.6 Å². The Morgan fingerprint density at radius 3 is 2.29 bits per heavy atom. The van der Waals surface area contributed by atoms with Crippen LogP contribution >= 0.6 is 0 Å². The van der Waals surface area contributed by atoms with Crippen molar-refractivity contribution in [2.45, 2.75) is 65.0 Å². The van der Waals surface area contributed by atoms with Gasteiger partial charge < -0.3 is 0 Å². The Morgan fingerprint density at radius 2 is 1.79 bits per heavy atom. The van der Waals surface area contributed by atoms with Crippen LogP contribution in [0.5, 0.6) is 0 Å². The van der Waals surface area contributed by atoms with E-state index in [1.54, 1.807) is 0 Å². The first-order valence-electron chi connectivity index (χ1n) is 6.32. The summed E-state index contributed by atoms with van der Waals surface area (Å²) in [5.74, 6) is 1.91. The van der Waals surface area contributed by atoms with E-state index in [4.69, 9.17) is 0 Å². The van der Waals surface area contributed by atoms with Gasteiger partial charge in [-0.25, -0.2) is 0 Å². The van der Waals surface area contributed by atoms with Gasteiger partial charge in [0.25, 0.3) is 0 Å². The molecule has 1 nitrogen and oxygen atoms in total. The van der Waals surface area contributed by atoms with Crippen molar-refractivity contribution in [3.63, 3.8) is 0 Å². The number of nitrogens with zero attached hydrogens (tertiary/aromatic N) is 1. The lowest BCUT2D eigenvalue weighted by atomic mass is 9.62. The molecule has 2 fully saturated rings. The molecule has 1 spiro atoms. The van der Waals surface area contributed by atoms with Gasteiger partial charge in [-0.2, -0.15) is 0 Å². The van der Waals surface area contributed by atoms with Gasteiger partial charge in [0.1, 0.15) is 0 Å². The Bertz CT molecular complexity index is 201. The van der Waals surface area contributed by atoms with Gasteiger partial charge in [-0.3, -0.25) is 4.90 Å². The predicted octanol–water partition coefficient (Wildman–Crippen LogP) is 3.30. The van der Waals surface area contributed by atoms with Crippen LogP contribution in [-0.4, -0.2) is 23.0 Å². The lowest BCUT2D eigenvalue weighted by Crippen LogP contribution is -2.56. The second kappa shape index (κ2) is 3.52. The largest absolute Gasteiger partial charge is 0.295 e. The van der Waals surface area contributed by atoms with E-state index in [9.17, 15) is 0 Å². The molecule has 0 aromatic heterocycles. The molecule has 0 amide bonds. The monoisotopic (exact) mass is 195 g/mol. The van der Waals surface area contributed by atoms with Gasteiger partial charge in [-0.1, -0.05) is 13.8 Å². The molecule has 1 aliphatic carbocycles. The summed E-state index contributed by atoms with van der Waals surface area (Å²) in [4.78, 5) is 2.77. The number of hydrogen-bond donors (Lipinski definition) is 0. The molecule has 0 aromatic carbocycles. The summed E-state index contributed by atoms with van der Waals surface area (Å²) < 4.78 is 0. The van der Waals surface area contributed by atoms with E-state index >= 15 is 0 Å². The number of likely N-dealkylation sites (tertiary alicyclic amines) is 1. The van der Waals surface area contributed by atoms with Crippen molar-refractivity contribution in [3.05, 3.63) is 0 Å². The second-order valence-corrected chi connectivity index (χ2v) is 6.03. The molecule has 0 bridgehead atoms. The maximum atomic E-state index is 2.77. The SMILES string of the molecule is CC(C)C1CC2(CCCN2C(C)C)C1. The molecule has 1 saturated heterocycles. The molecule has 1 aliphatic heterocycles. The molecular weight excluding hydrogens is 170 g/mol. The summed E-state index contributed by atoms with van der Waals surface area (Å²) in [6.07, 6.45) is 5.85. The Labute approximate surface area is 88.9 Å². The summed E-state index contributed by atoms with van der Waals surface area (Å²) in [7, 11) is 0. The van der Waals surface area contributed by atoms with Crippen molar-refractivity contribution in [3.8, 4) is 0 Å². The first-order valence-corrected chi connectivity index (χ1v) is 6.32. The molecule has 2 rings (SSSR count). The molecule has 14 heavy (non-hydrogen) atoms. The van der Waals surface area contributed by atoms with Gasteiger partial charge in [0.15, 0.2) is 0 Å². The zero-order valence-electron chi connectivity index (χ0n) is 10.2. The lowest BCUT2D eigenvalue weighted by molar-refractivity contribution is -0.0287. The highest BCUT2D eigenvalue weighted by Gasteiger charge is 2.51. The van der Waals surface area contributed by atoms with Crippen LogP contribution in [0, 0.1) is 11.8 Å². The van der Waals surface area contributed by atoms with Crippen molar-refractivity contribution in [1.29, 1.82) is 0 Å². The first-order chi connectivity index (χ1) is 6.55. The van der Waals surface area contributed by atoms with Crippen molar-refractivity contribution in [1.82, 2.24) is 4.90 Å². The molecule has 0 radical (unpaired) electrons. The van der Waals surface area contributed by atoms with E-state index in [1.807, 2.05) is 0 Å². The molecule has 1 heterocycles. The first kappa shape index (κ1) is 10.5. The van der Waals surface area contributed by atoms with E-state index < -0.39 is 0 Å². The quantitative estimate of drug-likeness (QED) is 0.653. The molecule has 0 atom stereocenters. The predicted molar refractivity (Wildman–Crippen MR) is 61.4 cm³/mol. The van der Waals surface area contributed by atoms with E-state index in [-0.39, 0.29) is 0 Å². The van der Waals surface area contributed by atoms with Gasteiger partial charge >= 0.3 is 0 Å². The van der Waals surface area contributed by atoms with E-state index in [0.717, 1.165) is 17.9 Å². The van der Waals surface area contributed by atoms with Gasteiger partial charge in [0, 0.05) is 11.6 Å². The van der Waals surface area contributed by atoms with Crippen LogP contribution < -0.4 is 0 Å². The Balaban J connectivity index is 1.98. The zero-order chi connectivity index (χ0) is 10.3. The summed E-state index contributed by atoms with van der Waals surface area (Å²) in [5, 5.41) is 0. The molecule has 0 unspecified atom stereocenters. The standard InChI is InChI=1S/C13H25N/c1-10(2)12-8-13(9-12)6-5-7-14(13)11(3)4/h10-12H,5-9H2,1-4H3. The third-order valence-corrected chi connectivity index (χ3v) is 4.50. The fraction of sp³-hybridized carbons (Fsp3) is 1.00. The second-order valence-electron chi connectivity index (χ2n) is 6.03. The Hall–Kier alpha value is -0.0400. The fourth-order valence-electron chi connectivity index (χ4n) is 3.59. The van der Waals surface area contributed by atoms with Crippen LogP contribution in [0.15, 0.2) is 0 Å². The van der Waals surface area contributed by atoms with Crippen LogP contribution in [0.3, 0.4) is 0 Å².